The van der Waals surface area contributed by atoms with E-state index >= 15 is 0 Å². The Bertz CT molecular complexity index is 1900. The Morgan fingerprint density at radius 1 is 0.845 bits per heavy atom. The summed E-state index contributed by atoms with van der Waals surface area (Å²) in [5.74, 6) is -4.38. The minimum Gasteiger partial charge on any atom is -0.480 e. The third-order valence-corrected chi connectivity index (χ3v) is 10.1. The van der Waals surface area contributed by atoms with Gasteiger partial charge >= 0.3 is 5.97 Å². The number of hydrogen-bond donors (Lipinski definition) is 10. The Balaban J connectivity index is 1.49. The van der Waals surface area contributed by atoms with Crippen LogP contribution in [0.2, 0.25) is 0 Å². The summed E-state index contributed by atoms with van der Waals surface area (Å²) in [5.41, 5.74) is 25.0. The molecule has 18 heteroatoms. The monoisotopic (exact) mass is 803 g/mol. The number of fused-ring (bicyclic) bond motifs is 1. The first-order valence-electron chi connectivity index (χ1n) is 19.6. The van der Waals surface area contributed by atoms with E-state index in [4.69, 9.17) is 22.9 Å². The van der Waals surface area contributed by atoms with Crippen LogP contribution in [0, 0.1) is 0 Å². The van der Waals surface area contributed by atoms with E-state index in [-0.39, 0.29) is 51.2 Å². The predicted molar refractivity (Wildman–Crippen MR) is 219 cm³/mol. The van der Waals surface area contributed by atoms with Crippen LogP contribution in [0.15, 0.2) is 65.8 Å². The van der Waals surface area contributed by atoms with Gasteiger partial charge in [0.15, 0.2) is 5.96 Å². The Labute approximate surface area is 337 Å². The van der Waals surface area contributed by atoms with Gasteiger partial charge in [-0.2, -0.15) is 0 Å². The molecule has 0 aliphatic carbocycles. The summed E-state index contributed by atoms with van der Waals surface area (Å²) in [4.78, 5) is 88.9. The fourth-order valence-electron chi connectivity index (χ4n) is 6.93. The molecule has 1 aromatic heterocycles. The molecular weight excluding hydrogens is 747 g/mol. The number of likely N-dealkylation sites (tertiary alicyclic amines) is 1. The third kappa shape index (κ3) is 13.0. The van der Waals surface area contributed by atoms with E-state index in [1.807, 2.05) is 54.6 Å². The topological polar surface area (TPSA) is 306 Å². The second-order valence-electron chi connectivity index (χ2n) is 14.5. The number of carbonyl (C=O) groups is 6. The van der Waals surface area contributed by atoms with Crippen LogP contribution in [0.1, 0.15) is 63.0 Å². The molecule has 1 fully saturated rings. The van der Waals surface area contributed by atoms with Gasteiger partial charge in [0, 0.05) is 36.6 Å². The minimum atomic E-state index is -1.27. The number of guanidine groups is 1. The van der Waals surface area contributed by atoms with Crippen molar-refractivity contribution in [1.29, 1.82) is 0 Å². The Morgan fingerprint density at radius 2 is 1.53 bits per heavy atom. The van der Waals surface area contributed by atoms with Crippen molar-refractivity contribution in [3.8, 4) is 0 Å². The highest BCUT2D eigenvalue weighted by Gasteiger charge is 2.39. The highest BCUT2D eigenvalue weighted by atomic mass is 16.4. The van der Waals surface area contributed by atoms with Gasteiger partial charge in [-0.1, -0.05) is 48.5 Å². The molecule has 5 amide bonds. The number of aliphatic carboxylic acids is 1. The molecule has 0 bridgehead atoms. The number of para-hydroxylation sites is 1. The molecule has 18 nitrogen and oxygen atoms in total. The summed E-state index contributed by atoms with van der Waals surface area (Å²) in [6.07, 6.45) is 4.62. The van der Waals surface area contributed by atoms with Gasteiger partial charge in [0.25, 0.3) is 0 Å². The van der Waals surface area contributed by atoms with Crippen LogP contribution in [0.4, 0.5) is 0 Å². The molecule has 1 saturated heterocycles. The first-order valence-corrected chi connectivity index (χ1v) is 19.6. The van der Waals surface area contributed by atoms with Crippen LogP contribution >= 0.6 is 0 Å². The van der Waals surface area contributed by atoms with Crippen LogP contribution in [0.25, 0.3) is 10.9 Å². The molecule has 58 heavy (non-hydrogen) atoms. The number of aliphatic imine (C=N–C) groups is 1. The molecule has 0 spiro atoms. The Hall–Kier alpha value is -6.01. The summed E-state index contributed by atoms with van der Waals surface area (Å²) in [6.45, 7) is 2.22. The lowest BCUT2D eigenvalue weighted by atomic mass is 10.0. The highest BCUT2D eigenvalue weighted by Crippen LogP contribution is 2.22. The van der Waals surface area contributed by atoms with E-state index in [1.54, 1.807) is 6.20 Å². The Morgan fingerprint density at radius 3 is 2.24 bits per heavy atom. The smallest absolute Gasteiger partial charge is 0.326 e. The molecule has 0 radical (unpaired) electrons. The van der Waals surface area contributed by atoms with E-state index in [9.17, 15) is 33.9 Å². The lowest BCUT2D eigenvalue weighted by Gasteiger charge is -2.30. The third-order valence-electron chi connectivity index (χ3n) is 10.1. The number of nitrogens with zero attached hydrogens (tertiary/aromatic N) is 2. The zero-order valence-electron chi connectivity index (χ0n) is 32.8. The number of carboxylic acid groups (broad SMARTS) is 1. The number of benzene rings is 2. The van der Waals surface area contributed by atoms with Crippen molar-refractivity contribution in [3.63, 3.8) is 0 Å². The van der Waals surface area contributed by atoms with Gasteiger partial charge in [0.05, 0.1) is 6.04 Å². The maximum atomic E-state index is 14.1. The fraction of sp³-hybridized carbons (Fsp3) is 0.475. The van der Waals surface area contributed by atoms with Gasteiger partial charge in [-0.25, -0.2) is 4.79 Å². The number of hydrogen-bond acceptors (Lipinski definition) is 9. The predicted octanol–water partition coefficient (Wildman–Crippen LogP) is -0.502. The number of aromatic nitrogens is 1. The van der Waals surface area contributed by atoms with Crippen molar-refractivity contribution in [2.45, 2.75) is 101 Å². The molecule has 0 unspecified atom stereocenters. The number of nitrogens with one attached hydrogen (secondary N) is 5. The standard InChI is InChI=1S/C40H57N11O7/c1-24(34(52)49-31(39(57)58)16-9-19-45-40(43)44)47-36(54)32(22-26-23-46-29-14-6-5-13-27(26)29)50-37(55)33-17-10-20-51(33)38(56)30(15-7-8-18-41)48-35(53)28(42)21-25-11-3-2-4-12-25/h2-6,11-14,23-24,28,30-33,46H,7-10,15-22,41-42H2,1H3,(H,47,54)(H,48,53)(H,49,52)(H,50,55)(H,57,58)(H4,43,44,45)/t24-,28-,30-,31-,32-,33-/m0/s1. The molecule has 6 atom stereocenters. The average molecular weight is 804 g/mol. The molecule has 314 valence electrons. The lowest BCUT2D eigenvalue weighted by Crippen LogP contribution is -2.59. The van der Waals surface area contributed by atoms with E-state index < -0.39 is 71.8 Å². The molecule has 2 aromatic carbocycles. The van der Waals surface area contributed by atoms with Crippen molar-refractivity contribution < 1.29 is 33.9 Å². The normalized spacial score (nSPS) is 16.3. The molecule has 1 aliphatic rings. The van der Waals surface area contributed by atoms with Gasteiger partial charge in [0.1, 0.15) is 30.2 Å². The number of carbonyl (C=O) groups excluding carboxylic acids is 5. The second-order valence-corrected chi connectivity index (χ2v) is 14.5. The number of nitrogens with two attached hydrogens (primary N) is 4. The summed E-state index contributed by atoms with van der Waals surface area (Å²) in [5, 5.41) is 21.2. The van der Waals surface area contributed by atoms with E-state index in [0.29, 0.717) is 37.8 Å². The largest absolute Gasteiger partial charge is 0.480 e. The SMILES string of the molecule is C[C@H](NC(=O)[C@H](Cc1c[nH]c2ccccc12)NC(=O)[C@@H]1CCCN1C(=O)[C@H](CCCCN)NC(=O)[C@@H](N)Cc1ccccc1)C(=O)N[C@@H](CCCN=C(N)N)C(=O)O. The summed E-state index contributed by atoms with van der Waals surface area (Å²) >= 11 is 0. The first kappa shape index (κ1) is 44.7. The maximum Gasteiger partial charge on any atom is 0.326 e. The molecule has 14 N–H and O–H groups in total. The van der Waals surface area contributed by atoms with Crippen LogP contribution in [-0.2, 0) is 41.6 Å². The van der Waals surface area contributed by atoms with Gasteiger partial charge in [-0.05, 0) is 82.0 Å². The highest BCUT2D eigenvalue weighted by molar-refractivity contribution is 5.97. The molecule has 2 heterocycles. The van der Waals surface area contributed by atoms with Crippen LogP contribution < -0.4 is 44.2 Å². The molecule has 4 rings (SSSR count). The number of amides is 5. The van der Waals surface area contributed by atoms with Crippen LogP contribution in [-0.4, -0.2) is 112 Å². The number of unbranched alkanes of at least 4 members (excludes halogenated alkanes) is 1. The first-order chi connectivity index (χ1) is 27.8. The summed E-state index contributed by atoms with van der Waals surface area (Å²) in [7, 11) is 0. The van der Waals surface area contributed by atoms with Gasteiger partial charge < -0.3 is 59.2 Å². The number of carboxylic acids is 1. The van der Waals surface area contributed by atoms with Crippen molar-refractivity contribution in [3.05, 3.63) is 71.9 Å². The second kappa shape index (κ2) is 22.1. The summed E-state index contributed by atoms with van der Waals surface area (Å²) in [6, 6.07) is 10.2. The van der Waals surface area contributed by atoms with Crippen LogP contribution in [0.5, 0.6) is 0 Å². The van der Waals surface area contributed by atoms with Crippen molar-refractivity contribution in [2.24, 2.45) is 27.9 Å². The van der Waals surface area contributed by atoms with Crippen LogP contribution in [0.3, 0.4) is 0 Å². The van der Waals surface area contributed by atoms with Crippen molar-refractivity contribution in [2.75, 3.05) is 19.6 Å². The quantitative estimate of drug-likeness (QED) is 0.0351. The van der Waals surface area contributed by atoms with E-state index in [1.165, 1.54) is 11.8 Å². The number of H-pyrrole nitrogens is 1. The molecular formula is C40H57N11O7. The van der Waals surface area contributed by atoms with Crippen molar-refractivity contribution >= 4 is 52.4 Å². The number of aromatic amines is 1. The molecule has 1 aliphatic heterocycles. The van der Waals surface area contributed by atoms with Gasteiger partial charge in [-0.15, -0.1) is 0 Å². The van der Waals surface area contributed by atoms with Crippen molar-refractivity contribution in [1.82, 2.24) is 31.2 Å². The number of rotatable bonds is 22. The summed E-state index contributed by atoms with van der Waals surface area (Å²) < 4.78 is 0. The van der Waals surface area contributed by atoms with Gasteiger partial charge in [-0.3, -0.25) is 29.0 Å². The fourth-order valence-corrected chi connectivity index (χ4v) is 6.93. The van der Waals surface area contributed by atoms with Gasteiger partial charge in [0.2, 0.25) is 29.5 Å². The molecule has 3 aromatic rings. The van der Waals surface area contributed by atoms with E-state index in [0.717, 1.165) is 16.5 Å². The zero-order chi connectivity index (χ0) is 42.2. The minimum absolute atomic E-state index is 0.0240. The lowest BCUT2D eigenvalue weighted by molar-refractivity contribution is -0.143. The molecule has 0 saturated carbocycles. The zero-order valence-corrected chi connectivity index (χ0v) is 32.8. The Kier molecular flexibility index (Phi) is 17.0. The van der Waals surface area contributed by atoms with E-state index in [2.05, 4.69) is 31.2 Å². The average Bonchev–Trinajstić information content (AvgIpc) is 3.86. The maximum absolute atomic E-state index is 14.1.